The highest BCUT2D eigenvalue weighted by Crippen LogP contribution is 2.43. The zero-order valence-electron chi connectivity index (χ0n) is 11.3. The number of halogens is 1. The summed E-state index contributed by atoms with van der Waals surface area (Å²) < 4.78 is 11.1. The summed E-state index contributed by atoms with van der Waals surface area (Å²) in [5.41, 5.74) is 2.35. The highest BCUT2D eigenvalue weighted by Gasteiger charge is 2.25. The smallest absolute Gasteiger partial charge is 0.165 e. The lowest BCUT2D eigenvalue weighted by Crippen LogP contribution is -2.28. The number of hydrogen-bond donors (Lipinski definition) is 1. The van der Waals surface area contributed by atoms with Crippen molar-refractivity contribution in [3.8, 4) is 11.5 Å². The van der Waals surface area contributed by atoms with Crippen LogP contribution >= 0.6 is 11.6 Å². The summed E-state index contributed by atoms with van der Waals surface area (Å²) in [5.74, 6) is 2.41. The van der Waals surface area contributed by atoms with Gasteiger partial charge >= 0.3 is 0 Å². The Hall–Kier alpha value is -0.930. The number of nitrogens with one attached hydrogen (secondary N) is 1. The fourth-order valence-corrected chi connectivity index (χ4v) is 3.38. The minimum Gasteiger partial charge on any atom is -0.493 e. The molecule has 4 heteroatoms. The highest BCUT2D eigenvalue weighted by molar-refractivity contribution is 6.32. The summed E-state index contributed by atoms with van der Waals surface area (Å²) in [6, 6.07) is 2.06. The van der Waals surface area contributed by atoms with E-state index in [4.69, 9.17) is 21.1 Å². The average molecular weight is 282 g/mol. The Kier molecular flexibility index (Phi) is 3.85. The van der Waals surface area contributed by atoms with Gasteiger partial charge in [0.15, 0.2) is 11.5 Å². The van der Waals surface area contributed by atoms with Crippen molar-refractivity contribution < 1.29 is 9.47 Å². The fourth-order valence-electron chi connectivity index (χ4n) is 3.06. The zero-order chi connectivity index (χ0) is 13.2. The van der Waals surface area contributed by atoms with Crippen LogP contribution in [0.4, 0.5) is 0 Å². The minimum atomic E-state index is 0.711. The molecule has 0 bridgehead atoms. The predicted octanol–water partition coefficient (Wildman–Crippen LogP) is 2.83. The molecule has 1 saturated heterocycles. The largest absolute Gasteiger partial charge is 0.493 e. The predicted molar refractivity (Wildman–Crippen MR) is 76.5 cm³/mol. The van der Waals surface area contributed by atoms with E-state index in [1.165, 1.54) is 18.4 Å². The van der Waals surface area contributed by atoms with Gasteiger partial charge < -0.3 is 14.8 Å². The monoisotopic (exact) mass is 281 g/mol. The first kappa shape index (κ1) is 13.1. The summed E-state index contributed by atoms with van der Waals surface area (Å²) in [5, 5.41) is 4.30. The van der Waals surface area contributed by atoms with E-state index in [-0.39, 0.29) is 0 Å². The molecule has 2 heterocycles. The molecule has 1 N–H and O–H groups in total. The molecular weight excluding hydrogens is 262 g/mol. The summed E-state index contributed by atoms with van der Waals surface area (Å²) in [7, 11) is 1.69. The van der Waals surface area contributed by atoms with E-state index in [1.807, 2.05) is 0 Å². The van der Waals surface area contributed by atoms with Crippen LogP contribution in [-0.2, 0) is 12.8 Å². The van der Waals surface area contributed by atoms with Crippen molar-refractivity contribution >= 4 is 11.6 Å². The highest BCUT2D eigenvalue weighted by atomic mass is 35.5. The van der Waals surface area contributed by atoms with Crippen molar-refractivity contribution in [1.29, 1.82) is 0 Å². The Morgan fingerprint density at radius 2 is 2.21 bits per heavy atom. The van der Waals surface area contributed by atoms with E-state index < -0.39 is 0 Å². The molecule has 0 radical (unpaired) electrons. The van der Waals surface area contributed by atoms with E-state index in [2.05, 4.69) is 11.4 Å². The molecule has 1 aromatic carbocycles. The van der Waals surface area contributed by atoms with Gasteiger partial charge in [-0.25, -0.2) is 0 Å². The van der Waals surface area contributed by atoms with Gasteiger partial charge in [-0.1, -0.05) is 11.6 Å². The van der Waals surface area contributed by atoms with Crippen molar-refractivity contribution in [1.82, 2.24) is 5.32 Å². The van der Waals surface area contributed by atoms with Crippen LogP contribution in [0.3, 0.4) is 0 Å². The number of methoxy groups -OCH3 is 1. The van der Waals surface area contributed by atoms with Gasteiger partial charge in [0.05, 0.1) is 18.7 Å². The molecule has 19 heavy (non-hydrogen) atoms. The molecule has 1 aromatic rings. The first-order valence-electron chi connectivity index (χ1n) is 7.01. The molecule has 0 amide bonds. The van der Waals surface area contributed by atoms with Crippen molar-refractivity contribution in [2.75, 3.05) is 26.8 Å². The fraction of sp³-hybridized carbons (Fsp3) is 0.600. The van der Waals surface area contributed by atoms with Crippen LogP contribution in [0.15, 0.2) is 6.07 Å². The molecule has 0 saturated carbocycles. The van der Waals surface area contributed by atoms with E-state index in [0.29, 0.717) is 6.61 Å². The van der Waals surface area contributed by atoms with Gasteiger partial charge in [0.1, 0.15) is 0 Å². The molecule has 2 aliphatic rings. The zero-order valence-corrected chi connectivity index (χ0v) is 12.1. The first-order valence-corrected chi connectivity index (χ1v) is 7.39. The Balaban J connectivity index is 1.88. The van der Waals surface area contributed by atoms with Crippen LogP contribution in [0.5, 0.6) is 11.5 Å². The van der Waals surface area contributed by atoms with Crippen LogP contribution in [0, 0.1) is 5.92 Å². The third kappa shape index (κ3) is 2.54. The second kappa shape index (κ2) is 5.59. The maximum atomic E-state index is 6.55. The van der Waals surface area contributed by atoms with Crippen LogP contribution in [0.1, 0.15) is 24.0 Å². The standard InChI is InChI=1S/C15H20ClNO2/c1-18-13-9-11(8-10-2-5-17-6-3-10)14(16)12-4-7-19-15(12)13/h9-10,17H,2-8H2,1H3. The number of ether oxygens (including phenoxy) is 2. The quantitative estimate of drug-likeness (QED) is 0.924. The van der Waals surface area contributed by atoms with E-state index in [9.17, 15) is 0 Å². The summed E-state index contributed by atoms with van der Waals surface area (Å²) in [6.45, 7) is 2.95. The van der Waals surface area contributed by atoms with Crippen molar-refractivity contribution in [3.63, 3.8) is 0 Å². The van der Waals surface area contributed by atoms with Crippen LogP contribution in [0.2, 0.25) is 5.02 Å². The molecular formula is C15H20ClNO2. The molecule has 0 atom stereocenters. The molecule has 1 fully saturated rings. The number of hydrogen-bond acceptors (Lipinski definition) is 3. The molecule has 0 unspecified atom stereocenters. The summed E-state index contributed by atoms with van der Waals surface area (Å²) in [6.07, 6.45) is 4.40. The maximum Gasteiger partial charge on any atom is 0.165 e. The van der Waals surface area contributed by atoms with Crippen LogP contribution in [0.25, 0.3) is 0 Å². The molecule has 3 rings (SSSR count). The van der Waals surface area contributed by atoms with Gasteiger partial charge in [0.25, 0.3) is 0 Å². The van der Waals surface area contributed by atoms with E-state index >= 15 is 0 Å². The van der Waals surface area contributed by atoms with Gasteiger partial charge in [-0.3, -0.25) is 0 Å². The molecule has 3 nitrogen and oxygen atoms in total. The Labute approximate surface area is 119 Å². The Bertz CT molecular complexity index is 470. The van der Waals surface area contributed by atoms with Gasteiger partial charge in [-0.05, 0) is 49.9 Å². The van der Waals surface area contributed by atoms with E-state index in [0.717, 1.165) is 53.9 Å². The lowest BCUT2D eigenvalue weighted by Gasteiger charge is -2.23. The van der Waals surface area contributed by atoms with Crippen molar-refractivity contribution in [2.45, 2.75) is 25.7 Å². The van der Waals surface area contributed by atoms with Gasteiger partial charge in [-0.15, -0.1) is 0 Å². The Morgan fingerprint density at radius 1 is 1.42 bits per heavy atom. The van der Waals surface area contributed by atoms with Gasteiger partial charge in [0.2, 0.25) is 0 Å². The summed E-state index contributed by atoms with van der Waals surface area (Å²) >= 11 is 6.55. The lowest BCUT2D eigenvalue weighted by atomic mass is 9.90. The molecule has 0 aromatic heterocycles. The number of piperidine rings is 1. The molecule has 0 aliphatic carbocycles. The number of benzene rings is 1. The van der Waals surface area contributed by atoms with Crippen LogP contribution in [-0.4, -0.2) is 26.8 Å². The normalized spacial score (nSPS) is 19.1. The maximum absolute atomic E-state index is 6.55. The topological polar surface area (TPSA) is 30.5 Å². The SMILES string of the molecule is COc1cc(CC2CCNCC2)c(Cl)c2c1OCC2. The minimum absolute atomic E-state index is 0.711. The summed E-state index contributed by atoms with van der Waals surface area (Å²) in [4.78, 5) is 0. The lowest BCUT2D eigenvalue weighted by molar-refractivity contribution is 0.325. The van der Waals surface area contributed by atoms with Gasteiger partial charge in [0, 0.05) is 12.0 Å². The first-order chi connectivity index (χ1) is 9.29. The number of fused-ring (bicyclic) bond motifs is 1. The van der Waals surface area contributed by atoms with Crippen LogP contribution < -0.4 is 14.8 Å². The second-order valence-electron chi connectivity index (χ2n) is 5.36. The average Bonchev–Trinajstić information content (AvgIpc) is 2.93. The van der Waals surface area contributed by atoms with Gasteiger partial charge in [-0.2, -0.15) is 0 Å². The Morgan fingerprint density at radius 3 is 2.95 bits per heavy atom. The van der Waals surface area contributed by atoms with E-state index in [1.54, 1.807) is 7.11 Å². The molecule has 2 aliphatic heterocycles. The molecule has 0 spiro atoms. The molecule has 104 valence electrons. The van der Waals surface area contributed by atoms with Crippen molar-refractivity contribution in [2.24, 2.45) is 5.92 Å². The second-order valence-corrected chi connectivity index (χ2v) is 5.73. The third-order valence-corrected chi connectivity index (χ3v) is 4.61. The van der Waals surface area contributed by atoms with Crippen molar-refractivity contribution in [3.05, 3.63) is 22.2 Å². The third-order valence-electron chi connectivity index (χ3n) is 4.14. The number of rotatable bonds is 3.